The second-order valence-corrected chi connectivity index (χ2v) is 4.45. The van der Waals surface area contributed by atoms with Gasteiger partial charge in [-0.15, -0.1) is 11.3 Å². The van der Waals surface area contributed by atoms with Crippen LogP contribution in [-0.2, 0) is 11.2 Å². The summed E-state index contributed by atoms with van der Waals surface area (Å²) in [7, 11) is 0. The van der Waals surface area contributed by atoms with Crippen molar-refractivity contribution >= 4 is 17.3 Å². The van der Waals surface area contributed by atoms with Crippen LogP contribution in [-0.4, -0.2) is 17.1 Å². The normalized spacial score (nSPS) is 12.8. The molecule has 0 amide bonds. The van der Waals surface area contributed by atoms with Crippen LogP contribution in [0.3, 0.4) is 0 Å². The monoisotopic (exact) mass is 199 g/mol. The van der Waals surface area contributed by atoms with E-state index in [4.69, 9.17) is 10.8 Å². The quantitative estimate of drug-likeness (QED) is 0.771. The van der Waals surface area contributed by atoms with E-state index in [0.717, 1.165) is 10.4 Å². The van der Waals surface area contributed by atoms with Gasteiger partial charge in [-0.25, -0.2) is 0 Å². The molecule has 3 N–H and O–H groups in total. The highest BCUT2D eigenvalue weighted by molar-refractivity contribution is 7.12. The average Bonchev–Trinajstić information content (AvgIpc) is 2.30. The molecule has 0 aromatic carbocycles. The zero-order chi connectivity index (χ0) is 10.0. The third-order valence-corrected chi connectivity index (χ3v) is 3.04. The Morgan fingerprint density at radius 2 is 2.31 bits per heavy atom. The molecule has 0 aliphatic carbocycles. The Morgan fingerprint density at radius 1 is 1.69 bits per heavy atom. The Kier molecular flexibility index (Phi) is 3.06. The molecule has 0 fully saturated rings. The number of rotatable bonds is 3. The first-order chi connectivity index (χ1) is 6.00. The van der Waals surface area contributed by atoms with Crippen molar-refractivity contribution in [3.05, 3.63) is 21.4 Å². The first-order valence-corrected chi connectivity index (χ1v) is 4.86. The lowest BCUT2D eigenvalue weighted by Crippen LogP contribution is -2.32. The second-order valence-electron chi connectivity index (χ2n) is 3.11. The fourth-order valence-corrected chi connectivity index (χ4v) is 2.29. The van der Waals surface area contributed by atoms with Gasteiger partial charge in [-0.2, -0.15) is 0 Å². The van der Waals surface area contributed by atoms with Crippen molar-refractivity contribution in [2.75, 3.05) is 0 Å². The predicted octanol–water partition coefficient (Wildman–Crippen LogP) is 1.32. The van der Waals surface area contributed by atoms with E-state index in [-0.39, 0.29) is 0 Å². The lowest BCUT2D eigenvalue weighted by Gasteiger charge is -2.04. The number of carboxylic acids is 1. The van der Waals surface area contributed by atoms with Crippen LogP contribution < -0.4 is 5.73 Å². The van der Waals surface area contributed by atoms with Crippen LogP contribution in [0.2, 0.25) is 0 Å². The highest BCUT2D eigenvalue weighted by Gasteiger charge is 2.14. The second kappa shape index (κ2) is 3.89. The van der Waals surface area contributed by atoms with Crippen LogP contribution in [0.5, 0.6) is 0 Å². The molecule has 13 heavy (non-hydrogen) atoms. The largest absolute Gasteiger partial charge is 0.480 e. The minimum absolute atomic E-state index is 0.430. The minimum atomic E-state index is -0.939. The standard InChI is InChI=1S/C9H13NO2S/c1-5-3-6(2)13-8(5)4-7(10)9(11)12/h3,7H,4,10H2,1-2H3,(H,11,12)/t7-/m0/s1. The number of nitrogens with two attached hydrogens (primary N) is 1. The van der Waals surface area contributed by atoms with Gasteiger partial charge in [0, 0.05) is 16.2 Å². The molecular formula is C9H13NO2S. The number of hydrogen-bond acceptors (Lipinski definition) is 3. The van der Waals surface area contributed by atoms with E-state index < -0.39 is 12.0 Å². The first-order valence-electron chi connectivity index (χ1n) is 4.05. The van der Waals surface area contributed by atoms with Crippen LogP contribution in [0, 0.1) is 13.8 Å². The van der Waals surface area contributed by atoms with Gasteiger partial charge < -0.3 is 10.8 Å². The van der Waals surface area contributed by atoms with Gasteiger partial charge in [-0.1, -0.05) is 0 Å². The van der Waals surface area contributed by atoms with Crippen LogP contribution in [0.4, 0.5) is 0 Å². The summed E-state index contributed by atoms with van der Waals surface area (Å²) in [6.07, 6.45) is 0.430. The molecule has 3 nitrogen and oxygen atoms in total. The number of carbonyl (C=O) groups is 1. The van der Waals surface area contributed by atoms with Crippen LogP contribution in [0.15, 0.2) is 6.07 Å². The van der Waals surface area contributed by atoms with Crippen LogP contribution in [0.25, 0.3) is 0 Å². The molecule has 0 saturated carbocycles. The first kappa shape index (κ1) is 10.2. The predicted molar refractivity (Wildman–Crippen MR) is 53.1 cm³/mol. The number of aliphatic carboxylic acids is 1. The summed E-state index contributed by atoms with van der Waals surface area (Å²) in [4.78, 5) is 12.8. The lowest BCUT2D eigenvalue weighted by atomic mass is 10.1. The minimum Gasteiger partial charge on any atom is -0.480 e. The van der Waals surface area contributed by atoms with E-state index in [1.54, 1.807) is 11.3 Å². The molecule has 0 spiro atoms. The summed E-state index contributed by atoms with van der Waals surface area (Å²) in [6.45, 7) is 3.99. The van der Waals surface area contributed by atoms with Gasteiger partial charge in [0.25, 0.3) is 0 Å². The van der Waals surface area contributed by atoms with Crippen molar-refractivity contribution in [3.63, 3.8) is 0 Å². The number of thiophene rings is 1. The molecule has 4 heteroatoms. The molecule has 1 atom stereocenters. The Balaban J connectivity index is 2.74. The van der Waals surface area contributed by atoms with Crippen molar-refractivity contribution in [3.8, 4) is 0 Å². The molecule has 72 valence electrons. The van der Waals surface area contributed by atoms with Gasteiger partial charge in [0.1, 0.15) is 6.04 Å². The summed E-state index contributed by atoms with van der Waals surface area (Å²) in [5.41, 5.74) is 6.57. The number of carboxylic acid groups (broad SMARTS) is 1. The van der Waals surface area contributed by atoms with Gasteiger partial charge >= 0.3 is 5.97 Å². The highest BCUT2D eigenvalue weighted by Crippen LogP contribution is 2.21. The van der Waals surface area contributed by atoms with Crippen molar-refractivity contribution in [1.29, 1.82) is 0 Å². The molecule has 0 saturated heterocycles. The van der Waals surface area contributed by atoms with Gasteiger partial charge in [0.05, 0.1) is 0 Å². The smallest absolute Gasteiger partial charge is 0.320 e. The van der Waals surface area contributed by atoms with E-state index in [0.29, 0.717) is 6.42 Å². The average molecular weight is 199 g/mol. The van der Waals surface area contributed by atoms with E-state index in [2.05, 4.69) is 6.07 Å². The Morgan fingerprint density at radius 3 is 2.69 bits per heavy atom. The summed E-state index contributed by atoms with van der Waals surface area (Å²) in [5, 5.41) is 8.62. The molecule has 0 unspecified atom stereocenters. The molecular weight excluding hydrogens is 186 g/mol. The molecule has 1 aromatic heterocycles. The lowest BCUT2D eigenvalue weighted by molar-refractivity contribution is -0.138. The summed E-state index contributed by atoms with van der Waals surface area (Å²) in [5.74, 6) is -0.939. The highest BCUT2D eigenvalue weighted by atomic mass is 32.1. The van der Waals surface area contributed by atoms with E-state index in [9.17, 15) is 4.79 Å². The molecule has 1 rings (SSSR count). The topological polar surface area (TPSA) is 63.3 Å². The summed E-state index contributed by atoms with van der Waals surface area (Å²) < 4.78 is 0. The number of hydrogen-bond donors (Lipinski definition) is 2. The van der Waals surface area contributed by atoms with Crippen molar-refractivity contribution in [1.82, 2.24) is 0 Å². The number of aryl methyl sites for hydroxylation is 2. The van der Waals surface area contributed by atoms with Gasteiger partial charge in [-0.05, 0) is 25.5 Å². The van der Waals surface area contributed by atoms with Gasteiger partial charge in [-0.3, -0.25) is 4.79 Å². The molecule has 0 radical (unpaired) electrons. The maximum absolute atomic E-state index is 10.5. The van der Waals surface area contributed by atoms with E-state index >= 15 is 0 Å². The zero-order valence-corrected chi connectivity index (χ0v) is 8.52. The maximum Gasteiger partial charge on any atom is 0.320 e. The SMILES string of the molecule is Cc1cc(C)c(C[C@H](N)C(=O)O)s1. The molecule has 1 heterocycles. The third-order valence-electron chi connectivity index (χ3n) is 1.87. The molecule has 1 aromatic rings. The van der Waals surface area contributed by atoms with Crippen molar-refractivity contribution in [2.45, 2.75) is 26.3 Å². The van der Waals surface area contributed by atoms with Crippen molar-refractivity contribution in [2.24, 2.45) is 5.73 Å². The third kappa shape index (κ3) is 2.54. The maximum atomic E-state index is 10.5. The molecule has 0 bridgehead atoms. The summed E-state index contributed by atoms with van der Waals surface area (Å²) >= 11 is 1.62. The molecule has 0 aliphatic rings. The van der Waals surface area contributed by atoms with Gasteiger partial charge in [0.2, 0.25) is 0 Å². The zero-order valence-electron chi connectivity index (χ0n) is 7.70. The fraction of sp³-hybridized carbons (Fsp3) is 0.444. The summed E-state index contributed by atoms with van der Waals surface area (Å²) in [6, 6.07) is 1.27. The van der Waals surface area contributed by atoms with Crippen LogP contribution >= 0.6 is 11.3 Å². The molecule has 0 aliphatic heterocycles. The van der Waals surface area contributed by atoms with Crippen LogP contribution in [0.1, 0.15) is 15.3 Å². The Labute approximate surface area is 81.2 Å². The van der Waals surface area contributed by atoms with E-state index in [1.807, 2.05) is 13.8 Å². The Bertz CT molecular complexity index is 319. The fourth-order valence-electron chi connectivity index (χ4n) is 1.18. The van der Waals surface area contributed by atoms with Gasteiger partial charge in [0.15, 0.2) is 0 Å². The van der Waals surface area contributed by atoms with E-state index in [1.165, 1.54) is 4.88 Å². The van der Waals surface area contributed by atoms with Crippen molar-refractivity contribution < 1.29 is 9.90 Å². The Hall–Kier alpha value is -0.870.